The highest BCUT2D eigenvalue weighted by Crippen LogP contribution is 2.38. The van der Waals surface area contributed by atoms with Gasteiger partial charge in [0, 0.05) is 36.8 Å². The van der Waals surface area contributed by atoms with E-state index in [1.165, 1.54) is 23.1 Å². The Balaban J connectivity index is 1.41. The highest BCUT2D eigenvalue weighted by Gasteiger charge is 2.39. The fourth-order valence-corrected chi connectivity index (χ4v) is 4.26. The highest BCUT2D eigenvalue weighted by molar-refractivity contribution is 6.00. The number of hydrogen-bond acceptors (Lipinski definition) is 4. The van der Waals surface area contributed by atoms with Gasteiger partial charge in [-0.3, -0.25) is 14.2 Å². The van der Waals surface area contributed by atoms with Crippen molar-refractivity contribution in [2.45, 2.75) is 24.9 Å². The van der Waals surface area contributed by atoms with E-state index in [0.29, 0.717) is 25.9 Å². The molecule has 5 rings (SSSR count). The lowest BCUT2D eigenvalue weighted by molar-refractivity contribution is -0.136. The third-order valence-corrected chi connectivity index (χ3v) is 5.78. The maximum Gasteiger partial charge on any atom is 0.417 e. The summed E-state index contributed by atoms with van der Waals surface area (Å²) in [5.41, 5.74) is -0.372. The van der Waals surface area contributed by atoms with Gasteiger partial charge in [0.1, 0.15) is 5.82 Å². The Morgan fingerprint density at radius 1 is 1.00 bits per heavy atom. The molecule has 3 aromatic heterocycles. The van der Waals surface area contributed by atoms with Gasteiger partial charge in [0.2, 0.25) is 0 Å². The zero-order valence-electron chi connectivity index (χ0n) is 16.4. The lowest BCUT2D eigenvalue weighted by atomic mass is 9.94. The Kier molecular flexibility index (Phi) is 4.60. The molecule has 0 radical (unpaired) electrons. The minimum Gasteiger partial charge on any atom is -0.339 e. The standard InChI is InChI=1S/C22H18F3N5O/c23-22(24,25)19-15-5-1-2-6-17(15)26-13-16(19)21(31)29-11-8-14(9-12-29)20-28-27-18-7-3-4-10-30(18)20/h1-7,10,13-14H,8-9,11-12H2. The van der Waals surface area contributed by atoms with Crippen LogP contribution in [0.25, 0.3) is 16.6 Å². The first-order valence-corrected chi connectivity index (χ1v) is 9.97. The summed E-state index contributed by atoms with van der Waals surface area (Å²) in [6.45, 7) is 0.685. The summed E-state index contributed by atoms with van der Waals surface area (Å²) < 4.78 is 43.6. The monoisotopic (exact) mass is 425 g/mol. The summed E-state index contributed by atoms with van der Waals surface area (Å²) in [5, 5.41) is 8.38. The Morgan fingerprint density at radius 3 is 2.52 bits per heavy atom. The van der Waals surface area contributed by atoms with Crippen LogP contribution in [0.4, 0.5) is 13.2 Å². The van der Waals surface area contributed by atoms with Crippen LogP contribution < -0.4 is 0 Å². The summed E-state index contributed by atoms with van der Waals surface area (Å²) in [4.78, 5) is 18.6. The topological polar surface area (TPSA) is 63.4 Å². The number of fused-ring (bicyclic) bond motifs is 2. The number of halogens is 3. The molecule has 0 spiro atoms. The summed E-state index contributed by atoms with van der Waals surface area (Å²) >= 11 is 0. The number of para-hydroxylation sites is 1. The number of carbonyl (C=O) groups is 1. The minimum absolute atomic E-state index is 0.0642. The van der Waals surface area contributed by atoms with E-state index in [2.05, 4.69) is 15.2 Å². The first-order chi connectivity index (χ1) is 14.9. The van der Waals surface area contributed by atoms with E-state index in [1.807, 2.05) is 28.8 Å². The predicted octanol–water partition coefficient (Wildman–Crippen LogP) is 4.32. The molecule has 0 aliphatic carbocycles. The molecule has 1 fully saturated rings. The van der Waals surface area contributed by atoms with Gasteiger partial charge in [0.05, 0.1) is 16.6 Å². The van der Waals surface area contributed by atoms with Gasteiger partial charge < -0.3 is 4.90 Å². The van der Waals surface area contributed by atoms with Gasteiger partial charge in [0.15, 0.2) is 5.65 Å². The molecule has 0 bridgehead atoms. The second-order valence-electron chi connectivity index (χ2n) is 7.62. The van der Waals surface area contributed by atoms with Crippen LogP contribution in [-0.4, -0.2) is 43.5 Å². The quantitative estimate of drug-likeness (QED) is 0.480. The fraction of sp³-hybridized carbons (Fsp3) is 0.273. The van der Waals surface area contributed by atoms with Gasteiger partial charge in [-0.2, -0.15) is 13.2 Å². The molecule has 158 valence electrons. The van der Waals surface area contributed by atoms with E-state index in [0.717, 1.165) is 17.7 Å². The van der Waals surface area contributed by atoms with E-state index in [-0.39, 0.29) is 16.8 Å². The number of likely N-dealkylation sites (tertiary alicyclic amines) is 1. The van der Waals surface area contributed by atoms with Gasteiger partial charge in [-0.25, -0.2) is 0 Å². The molecule has 0 saturated carbocycles. The van der Waals surface area contributed by atoms with E-state index < -0.39 is 23.2 Å². The van der Waals surface area contributed by atoms with Crippen molar-refractivity contribution in [3.8, 4) is 0 Å². The molecule has 6 nitrogen and oxygen atoms in total. The van der Waals surface area contributed by atoms with Crippen molar-refractivity contribution in [2.24, 2.45) is 0 Å². The van der Waals surface area contributed by atoms with Gasteiger partial charge in [-0.15, -0.1) is 10.2 Å². The Labute approximate surface area is 175 Å². The Morgan fingerprint density at radius 2 is 1.74 bits per heavy atom. The van der Waals surface area contributed by atoms with Crippen molar-refractivity contribution in [3.05, 3.63) is 71.8 Å². The van der Waals surface area contributed by atoms with Crippen LogP contribution in [0, 0.1) is 0 Å². The largest absolute Gasteiger partial charge is 0.417 e. The SMILES string of the molecule is O=C(c1cnc2ccccc2c1C(F)(F)F)N1CCC(c2nnc3ccccn23)CC1. The van der Waals surface area contributed by atoms with E-state index >= 15 is 0 Å². The molecule has 1 aromatic carbocycles. The number of nitrogens with zero attached hydrogens (tertiary/aromatic N) is 5. The number of aromatic nitrogens is 4. The molecule has 0 N–H and O–H groups in total. The summed E-state index contributed by atoms with van der Waals surface area (Å²) in [5.74, 6) is 0.249. The lowest BCUT2D eigenvalue weighted by Gasteiger charge is -2.32. The van der Waals surface area contributed by atoms with Crippen LogP contribution in [-0.2, 0) is 6.18 Å². The van der Waals surface area contributed by atoms with Gasteiger partial charge in [0.25, 0.3) is 5.91 Å². The second-order valence-corrected chi connectivity index (χ2v) is 7.62. The maximum absolute atomic E-state index is 13.9. The normalized spacial score (nSPS) is 15.6. The number of hydrogen-bond donors (Lipinski definition) is 0. The van der Waals surface area contributed by atoms with Crippen LogP contribution in [0.1, 0.15) is 40.5 Å². The van der Waals surface area contributed by atoms with Crippen molar-refractivity contribution in [2.75, 3.05) is 13.1 Å². The third-order valence-electron chi connectivity index (χ3n) is 5.78. The zero-order valence-corrected chi connectivity index (χ0v) is 16.4. The first-order valence-electron chi connectivity index (χ1n) is 9.97. The number of amides is 1. The Bertz CT molecular complexity index is 1280. The van der Waals surface area contributed by atoms with Crippen molar-refractivity contribution >= 4 is 22.5 Å². The highest BCUT2D eigenvalue weighted by atomic mass is 19.4. The van der Waals surface area contributed by atoms with Crippen molar-refractivity contribution in [1.29, 1.82) is 0 Å². The minimum atomic E-state index is -4.66. The van der Waals surface area contributed by atoms with E-state index in [9.17, 15) is 18.0 Å². The average molecular weight is 425 g/mol. The average Bonchev–Trinajstić information content (AvgIpc) is 3.21. The number of pyridine rings is 2. The molecule has 9 heteroatoms. The molecular formula is C22H18F3N5O. The van der Waals surface area contributed by atoms with Crippen LogP contribution in [0.15, 0.2) is 54.9 Å². The molecule has 1 aliphatic rings. The van der Waals surface area contributed by atoms with Gasteiger partial charge in [-0.1, -0.05) is 24.3 Å². The predicted molar refractivity (Wildman–Crippen MR) is 108 cm³/mol. The fourth-order valence-electron chi connectivity index (χ4n) is 4.26. The third kappa shape index (κ3) is 3.39. The number of carbonyl (C=O) groups excluding carboxylic acids is 1. The molecule has 31 heavy (non-hydrogen) atoms. The molecule has 4 aromatic rings. The second kappa shape index (κ2) is 7.33. The smallest absolute Gasteiger partial charge is 0.339 e. The molecule has 4 heterocycles. The van der Waals surface area contributed by atoms with Crippen LogP contribution in [0.2, 0.25) is 0 Å². The van der Waals surface area contributed by atoms with Crippen molar-refractivity contribution in [1.82, 2.24) is 24.5 Å². The van der Waals surface area contributed by atoms with E-state index in [4.69, 9.17) is 0 Å². The zero-order chi connectivity index (χ0) is 21.6. The summed E-state index contributed by atoms with van der Waals surface area (Å²) in [6.07, 6.45) is -0.524. The summed E-state index contributed by atoms with van der Waals surface area (Å²) in [7, 11) is 0. The van der Waals surface area contributed by atoms with Crippen molar-refractivity contribution in [3.63, 3.8) is 0 Å². The van der Waals surface area contributed by atoms with E-state index in [1.54, 1.807) is 6.07 Å². The van der Waals surface area contributed by atoms with Gasteiger partial charge in [-0.05, 0) is 31.0 Å². The number of alkyl halides is 3. The molecule has 0 unspecified atom stereocenters. The first kappa shape index (κ1) is 19.5. The Hall–Kier alpha value is -3.49. The molecule has 1 aliphatic heterocycles. The molecule has 0 atom stereocenters. The number of rotatable bonds is 2. The van der Waals surface area contributed by atoms with Crippen molar-refractivity contribution < 1.29 is 18.0 Å². The maximum atomic E-state index is 13.9. The molecule has 1 saturated heterocycles. The molecular weight excluding hydrogens is 407 g/mol. The number of piperidine rings is 1. The number of benzene rings is 1. The van der Waals surface area contributed by atoms with Crippen LogP contribution >= 0.6 is 0 Å². The van der Waals surface area contributed by atoms with Gasteiger partial charge >= 0.3 is 6.18 Å². The van der Waals surface area contributed by atoms with Crippen LogP contribution in [0.5, 0.6) is 0 Å². The molecule has 1 amide bonds. The summed E-state index contributed by atoms with van der Waals surface area (Å²) in [6, 6.07) is 11.6. The van der Waals surface area contributed by atoms with Crippen LogP contribution in [0.3, 0.4) is 0 Å². The lowest BCUT2D eigenvalue weighted by Crippen LogP contribution is -2.39.